The van der Waals surface area contributed by atoms with E-state index in [0.717, 1.165) is 0 Å². The number of carbonyl (C=O) groups is 2. The molecular formula is C12H14O5. The van der Waals surface area contributed by atoms with Crippen molar-refractivity contribution in [3.8, 4) is 0 Å². The Hall–Kier alpha value is -1.88. The lowest BCUT2D eigenvalue weighted by atomic mass is 10.1. The molecule has 5 nitrogen and oxygen atoms in total. The summed E-state index contributed by atoms with van der Waals surface area (Å²) in [6, 6.07) is 5.93. The number of aromatic carboxylic acids is 1. The van der Waals surface area contributed by atoms with Crippen LogP contribution in [0.2, 0.25) is 0 Å². The summed E-state index contributed by atoms with van der Waals surface area (Å²) in [6.07, 6.45) is 0. The number of esters is 1. The number of ether oxygens (including phenoxy) is 2. The second-order valence-corrected chi connectivity index (χ2v) is 3.18. The van der Waals surface area contributed by atoms with Crippen LogP contribution in [0.3, 0.4) is 0 Å². The molecule has 0 spiro atoms. The van der Waals surface area contributed by atoms with Crippen LogP contribution in [0.5, 0.6) is 0 Å². The zero-order valence-corrected chi connectivity index (χ0v) is 9.51. The molecule has 5 heteroatoms. The zero-order valence-electron chi connectivity index (χ0n) is 9.51. The number of benzene rings is 1. The summed E-state index contributed by atoms with van der Waals surface area (Å²) in [5.41, 5.74) is -0.00888. The molecule has 1 rings (SSSR count). The first-order valence-corrected chi connectivity index (χ1v) is 5.24. The molecule has 0 aliphatic carbocycles. The summed E-state index contributed by atoms with van der Waals surface area (Å²) in [5, 5.41) is 8.89. The highest BCUT2D eigenvalue weighted by Gasteiger charge is 2.16. The number of hydrogen-bond acceptors (Lipinski definition) is 4. The molecule has 0 fully saturated rings. The fourth-order valence-electron chi connectivity index (χ4n) is 1.26. The third kappa shape index (κ3) is 3.88. The molecule has 92 valence electrons. The van der Waals surface area contributed by atoms with Crippen molar-refractivity contribution in [1.82, 2.24) is 0 Å². The topological polar surface area (TPSA) is 72.8 Å². The standard InChI is InChI=1S/C12H14O5/c1-2-16-7-8-17-12(15)10-6-4-3-5-9(10)11(13)14/h3-6H,2,7-8H2,1H3,(H,13,14). The van der Waals surface area contributed by atoms with E-state index in [1.165, 1.54) is 12.1 Å². The molecule has 1 aromatic carbocycles. The van der Waals surface area contributed by atoms with Gasteiger partial charge in [0.2, 0.25) is 0 Å². The van der Waals surface area contributed by atoms with E-state index in [9.17, 15) is 9.59 Å². The average molecular weight is 238 g/mol. The van der Waals surface area contributed by atoms with E-state index in [1.54, 1.807) is 12.1 Å². The summed E-state index contributed by atoms with van der Waals surface area (Å²) in [5.74, 6) is -1.80. The van der Waals surface area contributed by atoms with E-state index in [2.05, 4.69) is 0 Å². The van der Waals surface area contributed by atoms with E-state index in [4.69, 9.17) is 14.6 Å². The second-order valence-electron chi connectivity index (χ2n) is 3.18. The molecule has 1 N–H and O–H groups in total. The van der Waals surface area contributed by atoms with Gasteiger partial charge in [0.15, 0.2) is 0 Å². The summed E-state index contributed by atoms with van der Waals surface area (Å²) in [4.78, 5) is 22.5. The molecule has 0 atom stereocenters. The minimum absolute atomic E-state index is 0.0523. The van der Waals surface area contributed by atoms with Crippen LogP contribution in [0.4, 0.5) is 0 Å². The van der Waals surface area contributed by atoms with Gasteiger partial charge in [0.1, 0.15) is 6.61 Å². The Labute approximate surface area is 99.0 Å². The van der Waals surface area contributed by atoms with Crippen LogP contribution >= 0.6 is 0 Å². The van der Waals surface area contributed by atoms with Gasteiger partial charge in [0.25, 0.3) is 0 Å². The van der Waals surface area contributed by atoms with Gasteiger partial charge in [-0.3, -0.25) is 0 Å². The van der Waals surface area contributed by atoms with Gasteiger partial charge in [-0.2, -0.15) is 0 Å². The van der Waals surface area contributed by atoms with E-state index in [-0.39, 0.29) is 17.7 Å². The lowest BCUT2D eigenvalue weighted by Crippen LogP contribution is -2.14. The van der Waals surface area contributed by atoms with E-state index < -0.39 is 11.9 Å². The number of carbonyl (C=O) groups excluding carboxylic acids is 1. The molecule has 0 aromatic heterocycles. The Bertz CT molecular complexity index is 400. The van der Waals surface area contributed by atoms with Gasteiger partial charge in [0, 0.05) is 6.61 Å². The largest absolute Gasteiger partial charge is 0.478 e. The van der Waals surface area contributed by atoms with Gasteiger partial charge < -0.3 is 14.6 Å². The van der Waals surface area contributed by atoms with Crippen molar-refractivity contribution in [2.24, 2.45) is 0 Å². The molecule has 0 unspecified atom stereocenters. The van der Waals surface area contributed by atoms with Crippen LogP contribution in [0, 0.1) is 0 Å². The molecule has 1 aromatic rings. The van der Waals surface area contributed by atoms with Crippen molar-refractivity contribution < 1.29 is 24.2 Å². The highest BCUT2D eigenvalue weighted by Crippen LogP contribution is 2.10. The Kier molecular flexibility index (Phi) is 5.16. The molecule has 17 heavy (non-hydrogen) atoms. The second kappa shape index (κ2) is 6.65. The quantitative estimate of drug-likeness (QED) is 0.601. The van der Waals surface area contributed by atoms with Crippen molar-refractivity contribution in [2.45, 2.75) is 6.92 Å². The Morgan fingerprint density at radius 3 is 2.41 bits per heavy atom. The monoisotopic (exact) mass is 238 g/mol. The van der Waals surface area contributed by atoms with E-state index in [0.29, 0.717) is 13.2 Å². The molecular weight excluding hydrogens is 224 g/mol. The minimum atomic E-state index is -1.15. The van der Waals surface area contributed by atoms with Gasteiger partial charge >= 0.3 is 11.9 Å². The van der Waals surface area contributed by atoms with Crippen LogP contribution in [-0.4, -0.2) is 36.9 Å². The molecule has 0 saturated heterocycles. The fraction of sp³-hybridized carbons (Fsp3) is 0.333. The number of carboxylic acid groups (broad SMARTS) is 1. The molecule has 0 saturated carbocycles. The summed E-state index contributed by atoms with van der Waals surface area (Å²) >= 11 is 0. The SMILES string of the molecule is CCOCCOC(=O)c1ccccc1C(=O)O. The number of carboxylic acids is 1. The van der Waals surface area contributed by atoms with Crippen LogP contribution in [-0.2, 0) is 9.47 Å². The zero-order chi connectivity index (χ0) is 12.7. The first-order chi connectivity index (χ1) is 8.16. The molecule has 0 radical (unpaired) electrons. The number of hydrogen-bond donors (Lipinski definition) is 1. The van der Waals surface area contributed by atoms with Gasteiger partial charge in [-0.25, -0.2) is 9.59 Å². The summed E-state index contributed by atoms with van der Waals surface area (Å²) in [7, 11) is 0. The van der Waals surface area contributed by atoms with Crippen LogP contribution in [0.25, 0.3) is 0 Å². The summed E-state index contributed by atoms with van der Waals surface area (Å²) in [6.45, 7) is 2.79. The maximum absolute atomic E-state index is 11.6. The fourth-order valence-corrected chi connectivity index (χ4v) is 1.26. The lowest BCUT2D eigenvalue weighted by molar-refractivity contribution is 0.0330. The van der Waals surface area contributed by atoms with Crippen molar-refractivity contribution in [2.75, 3.05) is 19.8 Å². The maximum atomic E-state index is 11.6. The Morgan fingerprint density at radius 2 is 1.82 bits per heavy atom. The molecule has 0 aliphatic rings. The predicted molar refractivity (Wildman–Crippen MR) is 60.2 cm³/mol. The van der Waals surface area contributed by atoms with Crippen molar-refractivity contribution in [3.05, 3.63) is 35.4 Å². The summed E-state index contributed by atoms with van der Waals surface area (Å²) < 4.78 is 9.90. The third-order valence-corrected chi connectivity index (χ3v) is 2.04. The highest BCUT2D eigenvalue weighted by molar-refractivity contribution is 6.02. The number of rotatable bonds is 6. The van der Waals surface area contributed by atoms with Gasteiger partial charge in [0.05, 0.1) is 17.7 Å². The van der Waals surface area contributed by atoms with Gasteiger partial charge in [-0.1, -0.05) is 12.1 Å². The van der Waals surface area contributed by atoms with Crippen LogP contribution in [0.1, 0.15) is 27.6 Å². The Morgan fingerprint density at radius 1 is 1.18 bits per heavy atom. The van der Waals surface area contributed by atoms with Crippen LogP contribution < -0.4 is 0 Å². The van der Waals surface area contributed by atoms with Crippen molar-refractivity contribution in [3.63, 3.8) is 0 Å². The highest BCUT2D eigenvalue weighted by atomic mass is 16.6. The van der Waals surface area contributed by atoms with E-state index in [1.807, 2.05) is 6.92 Å². The van der Waals surface area contributed by atoms with Crippen LogP contribution in [0.15, 0.2) is 24.3 Å². The first-order valence-electron chi connectivity index (χ1n) is 5.24. The molecule has 0 bridgehead atoms. The average Bonchev–Trinajstić information content (AvgIpc) is 2.34. The Balaban J connectivity index is 2.65. The maximum Gasteiger partial charge on any atom is 0.339 e. The van der Waals surface area contributed by atoms with Crippen molar-refractivity contribution in [1.29, 1.82) is 0 Å². The lowest BCUT2D eigenvalue weighted by Gasteiger charge is -2.06. The van der Waals surface area contributed by atoms with Gasteiger partial charge in [-0.05, 0) is 19.1 Å². The molecule has 0 heterocycles. The smallest absolute Gasteiger partial charge is 0.339 e. The van der Waals surface area contributed by atoms with Gasteiger partial charge in [-0.15, -0.1) is 0 Å². The predicted octanol–water partition coefficient (Wildman–Crippen LogP) is 1.58. The van der Waals surface area contributed by atoms with E-state index >= 15 is 0 Å². The normalized spacial score (nSPS) is 9.94. The molecule has 0 aliphatic heterocycles. The van der Waals surface area contributed by atoms with Crippen molar-refractivity contribution >= 4 is 11.9 Å². The molecule has 0 amide bonds. The third-order valence-electron chi connectivity index (χ3n) is 2.04. The first kappa shape index (κ1) is 13.2. The minimum Gasteiger partial charge on any atom is -0.478 e.